The van der Waals surface area contributed by atoms with Gasteiger partial charge in [-0.1, -0.05) is 60.7 Å². The van der Waals surface area contributed by atoms with Gasteiger partial charge in [0.25, 0.3) is 0 Å². The van der Waals surface area contributed by atoms with Gasteiger partial charge in [0.15, 0.2) is 0 Å². The van der Waals surface area contributed by atoms with Gasteiger partial charge in [-0.2, -0.15) is 0 Å². The van der Waals surface area contributed by atoms with E-state index in [1.165, 1.54) is 0 Å². The van der Waals surface area contributed by atoms with Crippen LogP contribution in [0.25, 0.3) is 11.1 Å². The van der Waals surface area contributed by atoms with E-state index in [0.717, 1.165) is 22.3 Å². The normalized spacial score (nSPS) is 18.3. The largest absolute Gasteiger partial charge is 0.369 e. The number of benzene rings is 2. The molecule has 4 rings (SSSR count). The van der Waals surface area contributed by atoms with Crippen LogP contribution < -0.4 is 5.73 Å². The first-order valence-corrected chi connectivity index (χ1v) is 10.2. The van der Waals surface area contributed by atoms with Crippen molar-refractivity contribution in [1.82, 2.24) is 9.88 Å². The Morgan fingerprint density at radius 1 is 1.00 bits per heavy atom. The maximum atomic E-state index is 12.8. The summed E-state index contributed by atoms with van der Waals surface area (Å²) in [5, 5.41) is 0. The van der Waals surface area contributed by atoms with Gasteiger partial charge in [-0.25, -0.2) is 0 Å². The summed E-state index contributed by atoms with van der Waals surface area (Å²) in [7, 11) is 0. The standard InChI is InChI=1S/C25H25N3O2/c26-24(30)25(12-14-28(18-25)23(29)15-19-7-2-1-3-8-19)16-20-9-4-5-11-22(20)21-10-6-13-27-17-21/h1-11,13,17H,12,14-16,18H2,(H2,26,30). The second-order valence-electron chi connectivity index (χ2n) is 7.95. The van der Waals surface area contributed by atoms with Gasteiger partial charge >= 0.3 is 0 Å². The second-order valence-corrected chi connectivity index (χ2v) is 7.95. The molecule has 1 atom stereocenters. The average Bonchev–Trinajstić information content (AvgIpc) is 3.21. The van der Waals surface area contributed by atoms with E-state index in [1.54, 1.807) is 11.1 Å². The molecule has 1 aromatic heterocycles. The third-order valence-electron chi connectivity index (χ3n) is 5.95. The average molecular weight is 399 g/mol. The van der Waals surface area contributed by atoms with E-state index < -0.39 is 5.41 Å². The number of pyridine rings is 1. The van der Waals surface area contributed by atoms with Crippen molar-refractivity contribution in [3.63, 3.8) is 0 Å². The van der Waals surface area contributed by atoms with Crippen molar-refractivity contribution in [3.05, 3.63) is 90.3 Å². The van der Waals surface area contributed by atoms with E-state index in [0.29, 0.717) is 32.4 Å². The summed E-state index contributed by atoms with van der Waals surface area (Å²) < 4.78 is 0. The fourth-order valence-electron chi connectivity index (χ4n) is 4.24. The first-order valence-electron chi connectivity index (χ1n) is 10.2. The van der Waals surface area contributed by atoms with Crippen molar-refractivity contribution < 1.29 is 9.59 Å². The number of likely N-dealkylation sites (tertiary alicyclic amines) is 1. The molecule has 1 fully saturated rings. The molecule has 5 nitrogen and oxygen atoms in total. The Bertz CT molecular complexity index is 1040. The van der Waals surface area contributed by atoms with E-state index in [9.17, 15) is 9.59 Å². The molecule has 1 saturated heterocycles. The first-order chi connectivity index (χ1) is 14.6. The molecule has 0 saturated carbocycles. The summed E-state index contributed by atoms with van der Waals surface area (Å²) in [6.07, 6.45) is 4.97. The number of hydrogen-bond donors (Lipinski definition) is 1. The van der Waals surface area contributed by atoms with Gasteiger partial charge in [0.05, 0.1) is 11.8 Å². The van der Waals surface area contributed by atoms with E-state index in [1.807, 2.05) is 72.9 Å². The summed E-state index contributed by atoms with van der Waals surface area (Å²) in [5.41, 5.74) is 9.20. The number of nitrogens with two attached hydrogens (primary N) is 1. The highest BCUT2D eigenvalue weighted by Gasteiger charge is 2.45. The molecule has 2 amide bonds. The van der Waals surface area contributed by atoms with E-state index in [-0.39, 0.29) is 11.8 Å². The highest BCUT2D eigenvalue weighted by molar-refractivity contribution is 5.85. The van der Waals surface area contributed by atoms with Gasteiger partial charge < -0.3 is 10.6 Å². The highest BCUT2D eigenvalue weighted by atomic mass is 16.2. The number of carbonyl (C=O) groups excluding carboxylic acids is 2. The minimum Gasteiger partial charge on any atom is -0.369 e. The van der Waals surface area contributed by atoms with Crippen molar-refractivity contribution in [2.75, 3.05) is 13.1 Å². The van der Waals surface area contributed by atoms with E-state index >= 15 is 0 Å². The molecule has 1 aliphatic heterocycles. The third kappa shape index (κ3) is 4.10. The molecule has 3 aromatic rings. The Morgan fingerprint density at radius 2 is 1.77 bits per heavy atom. The second kappa shape index (κ2) is 8.49. The molecule has 30 heavy (non-hydrogen) atoms. The zero-order valence-corrected chi connectivity index (χ0v) is 16.8. The molecule has 1 unspecified atom stereocenters. The van der Waals surface area contributed by atoms with Crippen LogP contribution in [0.4, 0.5) is 0 Å². The van der Waals surface area contributed by atoms with Crippen LogP contribution in [-0.2, 0) is 22.4 Å². The van der Waals surface area contributed by atoms with Crippen molar-refractivity contribution in [2.24, 2.45) is 11.1 Å². The lowest BCUT2D eigenvalue weighted by Gasteiger charge is -2.27. The number of nitrogens with zero attached hydrogens (tertiary/aromatic N) is 2. The van der Waals surface area contributed by atoms with Crippen LogP contribution in [-0.4, -0.2) is 34.8 Å². The van der Waals surface area contributed by atoms with Crippen LogP contribution >= 0.6 is 0 Å². The molecule has 2 N–H and O–H groups in total. The number of aromatic nitrogens is 1. The maximum absolute atomic E-state index is 12.8. The molecule has 1 aliphatic rings. The van der Waals surface area contributed by atoms with Gasteiger partial charge in [0.2, 0.25) is 11.8 Å². The first kappa shape index (κ1) is 19.8. The van der Waals surface area contributed by atoms with Crippen molar-refractivity contribution in [1.29, 1.82) is 0 Å². The highest BCUT2D eigenvalue weighted by Crippen LogP contribution is 2.37. The van der Waals surface area contributed by atoms with Gasteiger partial charge in [-0.05, 0) is 35.6 Å². The lowest BCUT2D eigenvalue weighted by atomic mass is 9.78. The predicted molar refractivity (Wildman–Crippen MR) is 116 cm³/mol. The summed E-state index contributed by atoms with van der Waals surface area (Å²) in [4.78, 5) is 31.4. The summed E-state index contributed by atoms with van der Waals surface area (Å²) in [5.74, 6) is -0.316. The lowest BCUT2D eigenvalue weighted by Crippen LogP contribution is -2.42. The van der Waals surface area contributed by atoms with Crippen LogP contribution in [0.5, 0.6) is 0 Å². The fraction of sp³-hybridized carbons (Fsp3) is 0.240. The van der Waals surface area contributed by atoms with Crippen molar-refractivity contribution >= 4 is 11.8 Å². The Hall–Kier alpha value is -3.47. The molecule has 0 aliphatic carbocycles. The van der Waals surface area contributed by atoms with Crippen LogP contribution in [0, 0.1) is 5.41 Å². The molecule has 152 valence electrons. The van der Waals surface area contributed by atoms with Crippen LogP contribution in [0.1, 0.15) is 17.5 Å². The van der Waals surface area contributed by atoms with Gasteiger partial charge in [-0.15, -0.1) is 0 Å². The number of primary amides is 1. The Morgan fingerprint density at radius 3 is 2.50 bits per heavy atom. The summed E-state index contributed by atoms with van der Waals surface area (Å²) in [6, 6.07) is 21.6. The zero-order valence-electron chi connectivity index (χ0n) is 16.8. The number of hydrogen-bond acceptors (Lipinski definition) is 3. The zero-order chi connectivity index (χ0) is 21.0. The van der Waals surface area contributed by atoms with E-state index in [4.69, 9.17) is 5.73 Å². The Kier molecular flexibility index (Phi) is 5.61. The minimum absolute atomic E-state index is 0.0323. The smallest absolute Gasteiger partial charge is 0.227 e. The Labute approximate surface area is 176 Å². The molecule has 0 spiro atoms. The molecule has 0 bridgehead atoms. The van der Waals surface area contributed by atoms with Crippen LogP contribution in [0.15, 0.2) is 79.1 Å². The maximum Gasteiger partial charge on any atom is 0.227 e. The monoisotopic (exact) mass is 399 g/mol. The van der Waals surface area contributed by atoms with Gasteiger partial charge in [0, 0.05) is 31.0 Å². The van der Waals surface area contributed by atoms with Gasteiger partial charge in [0.1, 0.15) is 0 Å². The number of amides is 2. The summed E-state index contributed by atoms with van der Waals surface area (Å²) >= 11 is 0. The number of carbonyl (C=O) groups is 2. The number of rotatable bonds is 6. The van der Waals surface area contributed by atoms with Crippen LogP contribution in [0.2, 0.25) is 0 Å². The lowest BCUT2D eigenvalue weighted by molar-refractivity contribution is -0.131. The quantitative estimate of drug-likeness (QED) is 0.691. The SMILES string of the molecule is NC(=O)C1(Cc2ccccc2-c2cccnc2)CCN(C(=O)Cc2ccccc2)C1. The molecule has 2 aromatic carbocycles. The fourth-order valence-corrected chi connectivity index (χ4v) is 4.24. The topological polar surface area (TPSA) is 76.3 Å². The molecule has 0 radical (unpaired) electrons. The van der Waals surface area contributed by atoms with E-state index in [2.05, 4.69) is 4.98 Å². The molecular weight excluding hydrogens is 374 g/mol. The van der Waals surface area contributed by atoms with Crippen LogP contribution in [0.3, 0.4) is 0 Å². The van der Waals surface area contributed by atoms with Crippen molar-refractivity contribution in [2.45, 2.75) is 19.3 Å². The molecular formula is C25H25N3O2. The molecule has 5 heteroatoms. The van der Waals surface area contributed by atoms with Crippen molar-refractivity contribution in [3.8, 4) is 11.1 Å². The van der Waals surface area contributed by atoms with Gasteiger partial charge in [-0.3, -0.25) is 14.6 Å². The minimum atomic E-state index is -0.759. The third-order valence-corrected chi connectivity index (χ3v) is 5.95. The Balaban J connectivity index is 1.56. The summed E-state index contributed by atoms with van der Waals surface area (Å²) in [6.45, 7) is 0.902. The molecule has 2 heterocycles. The predicted octanol–water partition coefficient (Wildman–Crippen LogP) is 3.24.